The minimum Gasteiger partial charge on any atom is -0.481 e. The molecular weight excluding hydrogens is 250 g/mol. The molecule has 1 heterocycles. The van der Waals surface area contributed by atoms with E-state index in [1.807, 2.05) is 0 Å². The van der Waals surface area contributed by atoms with Crippen LogP contribution in [0.5, 0.6) is 0 Å². The van der Waals surface area contributed by atoms with Crippen molar-refractivity contribution in [3.63, 3.8) is 0 Å². The maximum absolute atomic E-state index is 12.3. The highest BCUT2D eigenvalue weighted by Gasteiger charge is 2.51. The molecule has 4 unspecified atom stereocenters. The quantitative estimate of drug-likeness (QED) is 0.774. The molecule has 2 aliphatic rings. The van der Waals surface area contributed by atoms with Crippen molar-refractivity contribution in [1.82, 2.24) is 4.90 Å². The second-order valence-electron chi connectivity index (χ2n) is 5.59. The van der Waals surface area contributed by atoms with Gasteiger partial charge in [0.15, 0.2) is 0 Å². The van der Waals surface area contributed by atoms with Crippen LogP contribution in [-0.2, 0) is 14.4 Å². The molecule has 1 amide bonds. The lowest BCUT2D eigenvalue weighted by molar-refractivity contribution is -0.154. The number of nitrogens with zero attached hydrogens (tertiary/aromatic N) is 1. The summed E-state index contributed by atoms with van der Waals surface area (Å²) in [7, 11) is 0. The maximum atomic E-state index is 12.3. The van der Waals surface area contributed by atoms with Gasteiger partial charge in [-0.25, -0.2) is 4.79 Å². The van der Waals surface area contributed by atoms with E-state index < -0.39 is 23.9 Å². The fraction of sp³-hybridized carbons (Fsp3) is 0.769. The standard InChI is InChI=1S/C13H19NO5/c1-7(2-5-10(15)16)12(17)14-9-4-3-8(6-9)11(14)13(18)19/h7-9,11H,2-6H2,1H3,(H,15,16)(H,18,19). The van der Waals surface area contributed by atoms with Gasteiger partial charge in [0.25, 0.3) is 0 Å². The monoisotopic (exact) mass is 269 g/mol. The number of aliphatic carboxylic acids is 2. The molecule has 106 valence electrons. The molecule has 1 saturated heterocycles. The minimum absolute atomic E-state index is 0.0332. The molecule has 19 heavy (non-hydrogen) atoms. The third-order valence-corrected chi connectivity index (χ3v) is 4.31. The normalized spacial score (nSPS) is 30.4. The summed E-state index contributed by atoms with van der Waals surface area (Å²) in [5.74, 6) is -2.44. The fourth-order valence-corrected chi connectivity index (χ4v) is 3.34. The Kier molecular flexibility index (Phi) is 3.78. The van der Waals surface area contributed by atoms with Crippen LogP contribution in [0.1, 0.15) is 39.0 Å². The molecule has 6 nitrogen and oxygen atoms in total. The fourth-order valence-electron chi connectivity index (χ4n) is 3.34. The van der Waals surface area contributed by atoms with Crippen molar-refractivity contribution in [2.45, 2.75) is 51.1 Å². The van der Waals surface area contributed by atoms with Crippen LogP contribution in [0.3, 0.4) is 0 Å². The molecule has 1 aliphatic heterocycles. The third-order valence-electron chi connectivity index (χ3n) is 4.31. The Morgan fingerprint density at radius 3 is 2.53 bits per heavy atom. The largest absolute Gasteiger partial charge is 0.481 e. The Bertz CT molecular complexity index is 408. The predicted molar refractivity (Wildman–Crippen MR) is 65.4 cm³/mol. The summed E-state index contributed by atoms with van der Waals surface area (Å²) < 4.78 is 0. The van der Waals surface area contributed by atoms with E-state index in [0.717, 1.165) is 19.3 Å². The van der Waals surface area contributed by atoms with Crippen LogP contribution >= 0.6 is 0 Å². The van der Waals surface area contributed by atoms with E-state index in [4.69, 9.17) is 5.11 Å². The Hall–Kier alpha value is -1.59. The second kappa shape index (κ2) is 5.19. The molecule has 2 rings (SSSR count). The van der Waals surface area contributed by atoms with E-state index in [9.17, 15) is 19.5 Å². The maximum Gasteiger partial charge on any atom is 0.326 e. The molecule has 0 aromatic carbocycles. The van der Waals surface area contributed by atoms with Crippen LogP contribution in [0.4, 0.5) is 0 Å². The minimum atomic E-state index is -0.939. The van der Waals surface area contributed by atoms with Gasteiger partial charge in [-0.2, -0.15) is 0 Å². The first-order chi connectivity index (χ1) is 8.91. The van der Waals surface area contributed by atoms with Crippen molar-refractivity contribution in [3.8, 4) is 0 Å². The van der Waals surface area contributed by atoms with Crippen molar-refractivity contribution in [1.29, 1.82) is 0 Å². The topological polar surface area (TPSA) is 94.9 Å². The van der Waals surface area contributed by atoms with Gasteiger partial charge < -0.3 is 15.1 Å². The van der Waals surface area contributed by atoms with E-state index in [-0.39, 0.29) is 30.7 Å². The lowest BCUT2D eigenvalue weighted by Gasteiger charge is -2.34. The molecule has 0 spiro atoms. The van der Waals surface area contributed by atoms with Crippen molar-refractivity contribution < 1.29 is 24.6 Å². The van der Waals surface area contributed by atoms with Crippen molar-refractivity contribution >= 4 is 17.8 Å². The van der Waals surface area contributed by atoms with Gasteiger partial charge in [0.2, 0.25) is 5.91 Å². The molecule has 1 saturated carbocycles. The predicted octanol–water partition coefficient (Wildman–Crippen LogP) is 0.951. The summed E-state index contributed by atoms with van der Waals surface area (Å²) in [6.07, 6.45) is 2.70. The molecule has 1 aliphatic carbocycles. The molecule has 0 aromatic heterocycles. The number of carbonyl (C=O) groups excluding carboxylic acids is 1. The summed E-state index contributed by atoms with van der Waals surface area (Å²) in [6, 6.07) is -0.676. The molecule has 4 atom stereocenters. The van der Waals surface area contributed by atoms with Crippen LogP contribution in [0.25, 0.3) is 0 Å². The number of likely N-dealkylation sites (tertiary alicyclic amines) is 1. The molecule has 2 bridgehead atoms. The zero-order chi connectivity index (χ0) is 14.2. The van der Waals surface area contributed by atoms with Crippen LogP contribution in [0, 0.1) is 11.8 Å². The zero-order valence-corrected chi connectivity index (χ0v) is 10.9. The van der Waals surface area contributed by atoms with Crippen molar-refractivity contribution in [2.75, 3.05) is 0 Å². The van der Waals surface area contributed by atoms with Crippen molar-refractivity contribution in [2.24, 2.45) is 11.8 Å². The number of fused-ring (bicyclic) bond motifs is 2. The molecule has 0 aromatic rings. The molecular formula is C13H19NO5. The number of hydrogen-bond acceptors (Lipinski definition) is 3. The molecule has 2 fully saturated rings. The first kappa shape index (κ1) is 13.8. The van der Waals surface area contributed by atoms with E-state index in [1.54, 1.807) is 6.92 Å². The van der Waals surface area contributed by atoms with Crippen LogP contribution < -0.4 is 0 Å². The summed E-state index contributed by atoms with van der Waals surface area (Å²) in [5.41, 5.74) is 0. The van der Waals surface area contributed by atoms with E-state index in [0.29, 0.717) is 0 Å². The smallest absolute Gasteiger partial charge is 0.326 e. The summed E-state index contributed by atoms with van der Waals surface area (Å²) in [4.78, 5) is 35.7. The van der Waals surface area contributed by atoms with Gasteiger partial charge in [-0.05, 0) is 31.6 Å². The Morgan fingerprint density at radius 2 is 1.95 bits per heavy atom. The van der Waals surface area contributed by atoms with Gasteiger partial charge in [0.1, 0.15) is 6.04 Å². The highest BCUT2D eigenvalue weighted by atomic mass is 16.4. The Labute approximate surface area is 111 Å². The third kappa shape index (κ3) is 2.57. The van der Waals surface area contributed by atoms with E-state index in [1.165, 1.54) is 4.90 Å². The highest BCUT2D eigenvalue weighted by Crippen LogP contribution is 2.43. The first-order valence-corrected chi connectivity index (χ1v) is 6.68. The van der Waals surface area contributed by atoms with Crippen LogP contribution in [0.2, 0.25) is 0 Å². The van der Waals surface area contributed by atoms with Crippen LogP contribution in [-0.4, -0.2) is 45.0 Å². The second-order valence-corrected chi connectivity index (χ2v) is 5.59. The van der Waals surface area contributed by atoms with Gasteiger partial charge >= 0.3 is 11.9 Å². The Balaban J connectivity index is 2.05. The number of amides is 1. The average molecular weight is 269 g/mol. The number of carboxylic acid groups (broad SMARTS) is 2. The number of carboxylic acids is 2. The van der Waals surface area contributed by atoms with E-state index in [2.05, 4.69) is 0 Å². The molecule has 6 heteroatoms. The number of hydrogen-bond donors (Lipinski definition) is 2. The SMILES string of the molecule is CC(CCC(=O)O)C(=O)N1C2CCC(C2)C1C(=O)O. The van der Waals surface area contributed by atoms with Crippen molar-refractivity contribution in [3.05, 3.63) is 0 Å². The average Bonchev–Trinajstić information content (AvgIpc) is 2.94. The van der Waals surface area contributed by atoms with Gasteiger partial charge in [-0.3, -0.25) is 9.59 Å². The van der Waals surface area contributed by atoms with Gasteiger partial charge in [0, 0.05) is 18.4 Å². The Morgan fingerprint density at radius 1 is 1.26 bits per heavy atom. The van der Waals surface area contributed by atoms with E-state index >= 15 is 0 Å². The number of rotatable bonds is 5. The lowest BCUT2D eigenvalue weighted by Crippen LogP contribution is -2.50. The summed E-state index contributed by atoms with van der Waals surface area (Å²) >= 11 is 0. The number of carbonyl (C=O) groups is 3. The first-order valence-electron chi connectivity index (χ1n) is 6.68. The van der Waals surface area contributed by atoms with Crippen LogP contribution in [0.15, 0.2) is 0 Å². The lowest BCUT2D eigenvalue weighted by atomic mass is 9.96. The molecule has 2 N–H and O–H groups in total. The van der Waals surface area contributed by atoms with Gasteiger partial charge in [-0.1, -0.05) is 6.92 Å². The molecule has 0 radical (unpaired) electrons. The summed E-state index contributed by atoms with van der Waals surface area (Å²) in [5, 5.41) is 17.9. The van der Waals surface area contributed by atoms with Gasteiger partial charge in [-0.15, -0.1) is 0 Å². The highest BCUT2D eigenvalue weighted by molar-refractivity contribution is 5.86. The number of piperidine rings is 1. The van der Waals surface area contributed by atoms with Gasteiger partial charge in [0.05, 0.1) is 0 Å². The zero-order valence-electron chi connectivity index (χ0n) is 10.9. The summed E-state index contributed by atoms with van der Waals surface area (Å²) in [6.45, 7) is 1.68.